The van der Waals surface area contributed by atoms with Gasteiger partial charge in [0.15, 0.2) is 0 Å². The highest BCUT2D eigenvalue weighted by atomic mass is 32.1. The molecule has 0 radical (unpaired) electrons. The van der Waals surface area contributed by atoms with Gasteiger partial charge in [-0.15, -0.1) is 6.58 Å². The minimum absolute atomic E-state index is 0.544. The fourth-order valence-corrected chi connectivity index (χ4v) is 1.08. The first-order chi connectivity index (χ1) is 4.31. The van der Waals surface area contributed by atoms with Crippen LogP contribution in [0, 0.1) is 0 Å². The largest absolute Gasteiger partial charge is 0.176 e. The van der Waals surface area contributed by atoms with Crippen LogP contribution in [0.4, 0.5) is 0 Å². The highest BCUT2D eigenvalue weighted by molar-refractivity contribution is 7.80. The van der Waals surface area contributed by atoms with Gasteiger partial charge in [0.05, 0.1) is 0 Å². The van der Waals surface area contributed by atoms with E-state index in [0.717, 1.165) is 6.42 Å². The molecule has 1 unspecified atom stereocenters. The van der Waals surface area contributed by atoms with E-state index in [1.165, 1.54) is 19.3 Å². The second-order valence-electron chi connectivity index (χ2n) is 2.32. The summed E-state index contributed by atoms with van der Waals surface area (Å²) < 4.78 is 0. The summed E-state index contributed by atoms with van der Waals surface area (Å²) >= 11 is 4.37. The van der Waals surface area contributed by atoms with E-state index in [4.69, 9.17) is 0 Å². The standard InChI is InChI=1S/C8H16S/c1-3-5-7-8(9)6-4-2/h4,8-9H,2-3,5-7H2,1H3. The Bertz CT molecular complexity index is 69.0. The second kappa shape index (κ2) is 6.21. The van der Waals surface area contributed by atoms with Gasteiger partial charge in [-0.25, -0.2) is 0 Å². The Labute approximate surface area is 63.8 Å². The van der Waals surface area contributed by atoms with Gasteiger partial charge in [0, 0.05) is 5.25 Å². The third-order valence-corrected chi connectivity index (χ3v) is 1.80. The maximum Gasteiger partial charge on any atom is 0.00512 e. The molecule has 0 nitrogen and oxygen atoms in total. The molecule has 0 N–H and O–H groups in total. The molecule has 0 amide bonds. The van der Waals surface area contributed by atoms with Crippen LogP contribution in [-0.4, -0.2) is 5.25 Å². The fourth-order valence-electron chi connectivity index (χ4n) is 0.750. The van der Waals surface area contributed by atoms with Gasteiger partial charge < -0.3 is 0 Å². The molecule has 0 rings (SSSR count). The van der Waals surface area contributed by atoms with Crippen LogP contribution < -0.4 is 0 Å². The molecule has 0 aliphatic carbocycles. The van der Waals surface area contributed by atoms with E-state index in [1.54, 1.807) is 0 Å². The molecule has 0 aromatic carbocycles. The van der Waals surface area contributed by atoms with Gasteiger partial charge in [-0.1, -0.05) is 25.8 Å². The van der Waals surface area contributed by atoms with Crippen LogP contribution in [0.15, 0.2) is 12.7 Å². The van der Waals surface area contributed by atoms with Crippen LogP contribution in [0.3, 0.4) is 0 Å². The zero-order valence-corrected chi connectivity index (χ0v) is 7.03. The number of hydrogen-bond donors (Lipinski definition) is 1. The average Bonchev–Trinajstić information content (AvgIpc) is 1.85. The molecule has 0 aromatic rings. The maximum absolute atomic E-state index is 4.37. The first kappa shape index (κ1) is 9.09. The summed E-state index contributed by atoms with van der Waals surface area (Å²) in [6.07, 6.45) is 6.78. The van der Waals surface area contributed by atoms with E-state index in [9.17, 15) is 0 Å². The van der Waals surface area contributed by atoms with Crippen LogP contribution >= 0.6 is 12.6 Å². The number of allylic oxidation sites excluding steroid dienone is 1. The van der Waals surface area contributed by atoms with Crippen LogP contribution in [0.1, 0.15) is 32.6 Å². The minimum atomic E-state index is 0.544. The third kappa shape index (κ3) is 5.97. The Morgan fingerprint density at radius 1 is 1.67 bits per heavy atom. The quantitative estimate of drug-likeness (QED) is 0.445. The highest BCUT2D eigenvalue weighted by Gasteiger charge is 1.97. The molecule has 0 heterocycles. The summed E-state index contributed by atoms with van der Waals surface area (Å²) in [5, 5.41) is 0.544. The summed E-state index contributed by atoms with van der Waals surface area (Å²) in [5.74, 6) is 0. The predicted molar refractivity (Wildman–Crippen MR) is 47.1 cm³/mol. The number of rotatable bonds is 5. The van der Waals surface area contributed by atoms with Crippen molar-refractivity contribution in [1.82, 2.24) is 0 Å². The van der Waals surface area contributed by atoms with Crippen molar-refractivity contribution in [3.63, 3.8) is 0 Å². The molecule has 0 bridgehead atoms. The minimum Gasteiger partial charge on any atom is -0.176 e. The monoisotopic (exact) mass is 144 g/mol. The van der Waals surface area contributed by atoms with Gasteiger partial charge in [-0.05, 0) is 12.8 Å². The van der Waals surface area contributed by atoms with Crippen molar-refractivity contribution in [1.29, 1.82) is 0 Å². The first-order valence-electron chi connectivity index (χ1n) is 3.60. The van der Waals surface area contributed by atoms with E-state index in [0.29, 0.717) is 5.25 Å². The average molecular weight is 144 g/mol. The normalized spacial score (nSPS) is 13.1. The Morgan fingerprint density at radius 3 is 2.78 bits per heavy atom. The van der Waals surface area contributed by atoms with Crippen molar-refractivity contribution in [3.8, 4) is 0 Å². The second-order valence-corrected chi connectivity index (χ2v) is 3.05. The van der Waals surface area contributed by atoms with E-state index >= 15 is 0 Å². The number of thiol groups is 1. The topological polar surface area (TPSA) is 0 Å². The molecule has 1 heteroatoms. The predicted octanol–water partition coefficient (Wildman–Crippen LogP) is 3.05. The zero-order valence-electron chi connectivity index (χ0n) is 6.14. The SMILES string of the molecule is C=CCC(S)CCCC. The highest BCUT2D eigenvalue weighted by Crippen LogP contribution is 2.10. The van der Waals surface area contributed by atoms with Gasteiger partial charge >= 0.3 is 0 Å². The summed E-state index contributed by atoms with van der Waals surface area (Å²) in [6.45, 7) is 5.86. The van der Waals surface area contributed by atoms with E-state index in [-0.39, 0.29) is 0 Å². The van der Waals surface area contributed by atoms with E-state index in [1.807, 2.05) is 6.08 Å². The molecule has 0 aliphatic rings. The van der Waals surface area contributed by atoms with Crippen molar-refractivity contribution in [2.45, 2.75) is 37.9 Å². The Balaban J connectivity index is 3.04. The van der Waals surface area contributed by atoms with Crippen LogP contribution in [0.2, 0.25) is 0 Å². The molecule has 0 saturated heterocycles. The smallest absolute Gasteiger partial charge is 0.00512 e. The lowest BCUT2D eigenvalue weighted by Crippen LogP contribution is -1.94. The van der Waals surface area contributed by atoms with E-state index < -0.39 is 0 Å². The Hall–Kier alpha value is 0.0900. The molecule has 0 fully saturated rings. The molecule has 54 valence electrons. The van der Waals surface area contributed by atoms with Crippen molar-refractivity contribution < 1.29 is 0 Å². The molecule has 9 heavy (non-hydrogen) atoms. The summed E-state index contributed by atoms with van der Waals surface area (Å²) in [6, 6.07) is 0. The molecule has 0 aliphatic heterocycles. The zero-order chi connectivity index (χ0) is 7.11. The Morgan fingerprint density at radius 2 is 2.33 bits per heavy atom. The van der Waals surface area contributed by atoms with Gasteiger partial charge in [-0.3, -0.25) is 0 Å². The van der Waals surface area contributed by atoms with Crippen molar-refractivity contribution in [3.05, 3.63) is 12.7 Å². The Kier molecular flexibility index (Phi) is 6.28. The lowest BCUT2D eigenvalue weighted by atomic mass is 10.1. The molecule has 0 spiro atoms. The first-order valence-corrected chi connectivity index (χ1v) is 4.11. The van der Waals surface area contributed by atoms with Crippen molar-refractivity contribution >= 4 is 12.6 Å². The molecular formula is C8H16S. The third-order valence-electron chi connectivity index (χ3n) is 1.33. The molecular weight excluding hydrogens is 128 g/mol. The van der Waals surface area contributed by atoms with Crippen LogP contribution in [0.5, 0.6) is 0 Å². The molecule has 0 saturated carbocycles. The van der Waals surface area contributed by atoms with Crippen molar-refractivity contribution in [2.24, 2.45) is 0 Å². The molecule has 1 atom stereocenters. The lowest BCUT2D eigenvalue weighted by molar-refractivity contribution is 0.691. The van der Waals surface area contributed by atoms with Gasteiger partial charge in [0.2, 0.25) is 0 Å². The number of unbranched alkanes of at least 4 members (excludes halogenated alkanes) is 1. The van der Waals surface area contributed by atoms with Crippen LogP contribution in [0.25, 0.3) is 0 Å². The fraction of sp³-hybridized carbons (Fsp3) is 0.750. The summed E-state index contributed by atoms with van der Waals surface area (Å²) in [7, 11) is 0. The van der Waals surface area contributed by atoms with E-state index in [2.05, 4.69) is 26.1 Å². The number of hydrogen-bond acceptors (Lipinski definition) is 1. The van der Waals surface area contributed by atoms with Gasteiger partial charge in [-0.2, -0.15) is 12.6 Å². The van der Waals surface area contributed by atoms with Gasteiger partial charge in [0.25, 0.3) is 0 Å². The van der Waals surface area contributed by atoms with Gasteiger partial charge in [0.1, 0.15) is 0 Å². The van der Waals surface area contributed by atoms with Crippen molar-refractivity contribution in [2.75, 3.05) is 0 Å². The summed E-state index contributed by atoms with van der Waals surface area (Å²) in [5.41, 5.74) is 0. The summed E-state index contributed by atoms with van der Waals surface area (Å²) in [4.78, 5) is 0. The molecule has 0 aromatic heterocycles. The lowest BCUT2D eigenvalue weighted by Gasteiger charge is -2.04. The van der Waals surface area contributed by atoms with Crippen LogP contribution in [-0.2, 0) is 0 Å². The maximum atomic E-state index is 4.37.